The van der Waals surface area contributed by atoms with Crippen LogP contribution in [0.4, 0.5) is 0 Å². The molecule has 4 heterocycles. The first-order chi connectivity index (χ1) is 14.0. The number of para-hydroxylation sites is 1. The zero-order chi connectivity index (χ0) is 20.1. The maximum absolute atomic E-state index is 10.2. The summed E-state index contributed by atoms with van der Waals surface area (Å²) in [5.41, 5.74) is 2.64. The van der Waals surface area contributed by atoms with Crippen LogP contribution in [0.3, 0.4) is 0 Å². The van der Waals surface area contributed by atoms with E-state index >= 15 is 0 Å². The van der Waals surface area contributed by atoms with Gasteiger partial charge in [0.25, 0.3) is 0 Å². The third-order valence-electron chi connectivity index (χ3n) is 6.51. The average Bonchev–Trinajstić information content (AvgIpc) is 3.38. The highest BCUT2D eigenvalue weighted by Crippen LogP contribution is 2.34. The summed E-state index contributed by atoms with van der Waals surface area (Å²) in [7, 11) is 2.11. The lowest BCUT2D eigenvalue weighted by Crippen LogP contribution is -2.36. The molecule has 2 aliphatic rings. The van der Waals surface area contributed by atoms with Gasteiger partial charge in [0.1, 0.15) is 5.82 Å². The van der Waals surface area contributed by atoms with Gasteiger partial charge in [-0.05, 0) is 31.9 Å². The van der Waals surface area contributed by atoms with Gasteiger partial charge >= 0.3 is 0 Å². The van der Waals surface area contributed by atoms with Crippen molar-refractivity contribution in [1.82, 2.24) is 29.1 Å². The van der Waals surface area contributed by atoms with E-state index in [1.165, 1.54) is 16.5 Å². The number of aryl methyl sites for hydroxylation is 1. The molecule has 0 bridgehead atoms. The molecule has 5 rings (SSSR count). The average molecular weight is 395 g/mol. The van der Waals surface area contributed by atoms with Gasteiger partial charge in [0.2, 0.25) is 0 Å². The van der Waals surface area contributed by atoms with E-state index in [0.29, 0.717) is 6.04 Å². The Kier molecular flexibility index (Phi) is 4.69. The molecule has 0 saturated carbocycles. The molecule has 1 aromatic carbocycles. The number of β-amino-alcohol motifs (C(OH)–C–C–N with tert-alkyl or cyclic N) is 1. The van der Waals surface area contributed by atoms with Crippen molar-refractivity contribution in [3.05, 3.63) is 47.7 Å². The Balaban J connectivity index is 1.36. The quantitative estimate of drug-likeness (QED) is 0.736. The molecule has 2 atom stereocenters. The Morgan fingerprint density at radius 3 is 2.83 bits per heavy atom. The first-order valence-corrected chi connectivity index (χ1v) is 10.6. The fourth-order valence-corrected chi connectivity index (χ4v) is 5.07. The molecule has 0 amide bonds. The van der Waals surface area contributed by atoms with Crippen molar-refractivity contribution < 1.29 is 5.11 Å². The number of aliphatic hydroxyl groups excluding tert-OH is 1. The van der Waals surface area contributed by atoms with Crippen molar-refractivity contribution in [2.45, 2.75) is 58.1 Å². The number of hydrogen-bond donors (Lipinski definition) is 1. The highest BCUT2D eigenvalue weighted by atomic mass is 16.3. The summed E-state index contributed by atoms with van der Waals surface area (Å²) in [6, 6.07) is 9.14. The fraction of sp³-hybridized carbons (Fsp3) is 0.545. The van der Waals surface area contributed by atoms with E-state index in [2.05, 4.69) is 80.5 Å². The van der Waals surface area contributed by atoms with Crippen molar-refractivity contribution in [3.8, 4) is 0 Å². The van der Waals surface area contributed by atoms with Crippen LogP contribution in [0.15, 0.2) is 30.5 Å². The van der Waals surface area contributed by atoms with E-state index in [1.54, 1.807) is 0 Å². The van der Waals surface area contributed by atoms with Crippen LogP contribution in [-0.2, 0) is 26.7 Å². The molecule has 1 fully saturated rings. The summed E-state index contributed by atoms with van der Waals surface area (Å²) in [5, 5.41) is 20.6. The van der Waals surface area contributed by atoms with Crippen LogP contribution in [-0.4, -0.2) is 59.5 Å². The molecule has 7 nitrogen and oxygen atoms in total. The number of benzene rings is 1. The third-order valence-corrected chi connectivity index (χ3v) is 6.51. The van der Waals surface area contributed by atoms with E-state index in [-0.39, 0.29) is 12.1 Å². The maximum atomic E-state index is 10.2. The third kappa shape index (κ3) is 3.27. The van der Waals surface area contributed by atoms with Crippen molar-refractivity contribution in [2.24, 2.45) is 7.05 Å². The zero-order valence-corrected chi connectivity index (χ0v) is 17.5. The van der Waals surface area contributed by atoms with E-state index < -0.39 is 0 Å². The van der Waals surface area contributed by atoms with Crippen molar-refractivity contribution in [2.75, 3.05) is 13.1 Å². The predicted octanol–water partition coefficient (Wildman–Crippen LogP) is 2.30. The second kappa shape index (κ2) is 7.23. The van der Waals surface area contributed by atoms with Crippen molar-refractivity contribution in [1.29, 1.82) is 0 Å². The van der Waals surface area contributed by atoms with Crippen LogP contribution >= 0.6 is 0 Å². The Morgan fingerprint density at radius 2 is 2.00 bits per heavy atom. The summed E-state index contributed by atoms with van der Waals surface area (Å²) < 4.78 is 4.50. The summed E-state index contributed by atoms with van der Waals surface area (Å²) in [6.07, 6.45) is 2.72. The van der Waals surface area contributed by atoms with Crippen LogP contribution in [0.5, 0.6) is 0 Å². The highest BCUT2D eigenvalue weighted by Gasteiger charge is 2.37. The van der Waals surface area contributed by atoms with E-state index in [0.717, 1.165) is 50.8 Å². The molecular weight excluding hydrogens is 364 g/mol. The Labute approximate surface area is 171 Å². The van der Waals surface area contributed by atoms with Gasteiger partial charge in [-0.1, -0.05) is 18.2 Å². The molecule has 0 spiro atoms. The van der Waals surface area contributed by atoms with E-state index in [4.69, 9.17) is 0 Å². The molecule has 3 aromatic rings. The number of fused-ring (bicyclic) bond motifs is 2. The lowest BCUT2D eigenvalue weighted by atomic mass is 10.1. The number of nitrogens with zero attached hydrogens (tertiary/aromatic N) is 6. The molecule has 0 unspecified atom stereocenters. The first-order valence-electron chi connectivity index (χ1n) is 10.6. The van der Waals surface area contributed by atoms with Crippen molar-refractivity contribution in [3.63, 3.8) is 0 Å². The fourth-order valence-electron chi connectivity index (χ4n) is 5.07. The summed E-state index contributed by atoms with van der Waals surface area (Å²) >= 11 is 0. The lowest BCUT2D eigenvalue weighted by Gasteiger charge is -2.31. The van der Waals surface area contributed by atoms with Gasteiger partial charge in [-0.15, -0.1) is 10.2 Å². The Bertz CT molecular complexity index is 1020. The van der Waals surface area contributed by atoms with Gasteiger partial charge in [-0.2, -0.15) is 0 Å². The molecule has 7 heteroatoms. The number of rotatable bonds is 4. The van der Waals surface area contributed by atoms with Crippen molar-refractivity contribution >= 4 is 10.9 Å². The molecular formula is C22H30N6O. The van der Waals surface area contributed by atoms with E-state index in [1.807, 2.05) is 0 Å². The second-order valence-corrected chi connectivity index (χ2v) is 8.81. The monoisotopic (exact) mass is 394 g/mol. The van der Waals surface area contributed by atoms with Gasteiger partial charge in [0.05, 0.1) is 18.7 Å². The molecule has 29 heavy (non-hydrogen) atoms. The van der Waals surface area contributed by atoms with Gasteiger partial charge in [-0.3, -0.25) is 9.80 Å². The lowest BCUT2D eigenvalue weighted by molar-refractivity contribution is 0.155. The summed E-state index contributed by atoms with van der Waals surface area (Å²) in [6.45, 7) is 8.71. The number of aliphatic hydroxyl groups is 1. The Hall–Kier alpha value is -2.22. The van der Waals surface area contributed by atoms with Gasteiger partial charge < -0.3 is 14.2 Å². The van der Waals surface area contributed by atoms with Gasteiger partial charge in [0, 0.05) is 56.4 Å². The molecule has 1 N–H and O–H groups in total. The molecule has 0 aliphatic carbocycles. The highest BCUT2D eigenvalue weighted by molar-refractivity contribution is 5.83. The van der Waals surface area contributed by atoms with Crippen LogP contribution in [0, 0.1) is 0 Å². The predicted molar refractivity (Wildman–Crippen MR) is 112 cm³/mol. The van der Waals surface area contributed by atoms with Crippen LogP contribution in [0.2, 0.25) is 0 Å². The minimum absolute atomic E-state index is 0.163. The maximum Gasteiger partial charge on any atom is 0.150 e. The summed E-state index contributed by atoms with van der Waals surface area (Å²) in [4.78, 5) is 4.81. The number of likely N-dealkylation sites (tertiary alicyclic amines) is 1. The second-order valence-electron chi connectivity index (χ2n) is 8.81. The SMILES string of the molecule is CC(C)N1C[C@@H](O)C[C@H]1c1nnc2n1CCN(Cc1cn(C)c3ccccc13)C2. The van der Waals surface area contributed by atoms with Gasteiger partial charge in [0.15, 0.2) is 5.82 Å². The van der Waals surface area contributed by atoms with E-state index in [9.17, 15) is 5.11 Å². The number of aromatic nitrogens is 4. The minimum atomic E-state index is -0.276. The van der Waals surface area contributed by atoms with Crippen LogP contribution < -0.4 is 0 Å². The van der Waals surface area contributed by atoms with Gasteiger partial charge in [-0.25, -0.2) is 0 Å². The molecule has 154 valence electrons. The molecule has 1 saturated heterocycles. The standard InChI is InChI=1S/C22H30N6O/c1-15(2)28-13-17(29)10-20(28)22-24-23-21-14-26(8-9-27(21)22)12-16-11-25(3)19-7-5-4-6-18(16)19/h4-7,11,15,17,20,29H,8-10,12-14H2,1-3H3/t17-,20-/m0/s1. The topological polar surface area (TPSA) is 62.4 Å². The molecule has 2 aliphatic heterocycles. The van der Waals surface area contributed by atoms with Crippen LogP contribution in [0.1, 0.15) is 43.5 Å². The summed E-state index contributed by atoms with van der Waals surface area (Å²) in [5.74, 6) is 2.06. The first kappa shape index (κ1) is 18.8. The smallest absolute Gasteiger partial charge is 0.150 e. The molecule has 2 aromatic heterocycles. The zero-order valence-electron chi connectivity index (χ0n) is 17.5. The molecule has 0 radical (unpaired) electrons. The largest absolute Gasteiger partial charge is 0.392 e. The van der Waals surface area contributed by atoms with Crippen LogP contribution in [0.25, 0.3) is 10.9 Å². The normalized spacial score (nSPS) is 23.3. The minimum Gasteiger partial charge on any atom is -0.392 e. The Morgan fingerprint density at radius 1 is 1.17 bits per heavy atom. The number of hydrogen-bond acceptors (Lipinski definition) is 5.